The summed E-state index contributed by atoms with van der Waals surface area (Å²) in [7, 11) is 1.54. The van der Waals surface area contributed by atoms with E-state index in [2.05, 4.69) is 10.5 Å². The van der Waals surface area contributed by atoms with Gasteiger partial charge in [-0.3, -0.25) is 4.79 Å². The predicted molar refractivity (Wildman–Crippen MR) is 90.3 cm³/mol. The Morgan fingerprint density at radius 1 is 1.13 bits per heavy atom. The number of halogens is 1. The van der Waals surface area contributed by atoms with Gasteiger partial charge in [0.15, 0.2) is 18.1 Å². The monoisotopic (exact) mass is 332 g/mol. The van der Waals surface area contributed by atoms with E-state index < -0.39 is 0 Å². The maximum Gasteiger partial charge on any atom is 0.277 e. The zero-order chi connectivity index (χ0) is 16.7. The second-order valence-electron chi connectivity index (χ2n) is 4.68. The number of nitrogens with one attached hydrogen (secondary N) is 1. The highest BCUT2D eigenvalue weighted by molar-refractivity contribution is 6.30. The van der Waals surface area contributed by atoms with Crippen molar-refractivity contribution < 1.29 is 14.3 Å². The zero-order valence-corrected chi connectivity index (χ0v) is 13.6. The molecule has 0 aliphatic rings. The number of hydrogen-bond donors (Lipinski definition) is 1. The van der Waals surface area contributed by atoms with Crippen molar-refractivity contribution >= 4 is 23.2 Å². The number of carbonyl (C=O) groups excluding carboxylic acids is 1. The van der Waals surface area contributed by atoms with Gasteiger partial charge in [0, 0.05) is 5.02 Å². The molecule has 0 fully saturated rings. The third-order valence-corrected chi connectivity index (χ3v) is 3.29. The topological polar surface area (TPSA) is 59.9 Å². The van der Waals surface area contributed by atoms with Gasteiger partial charge in [0.05, 0.1) is 12.8 Å². The van der Waals surface area contributed by atoms with Gasteiger partial charge < -0.3 is 9.47 Å². The Balaban J connectivity index is 1.89. The normalized spacial score (nSPS) is 11.0. The van der Waals surface area contributed by atoms with Crippen molar-refractivity contribution in [3.05, 3.63) is 59.1 Å². The second-order valence-corrected chi connectivity index (χ2v) is 5.12. The molecule has 0 aliphatic carbocycles. The minimum atomic E-state index is -0.357. The average molecular weight is 333 g/mol. The smallest absolute Gasteiger partial charge is 0.277 e. The lowest BCUT2D eigenvalue weighted by Crippen LogP contribution is -2.25. The number of amides is 1. The number of ether oxygens (including phenoxy) is 2. The fourth-order valence-electron chi connectivity index (χ4n) is 1.82. The first-order valence-corrected chi connectivity index (χ1v) is 7.33. The Morgan fingerprint density at radius 3 is 2.43 bits per heavy atom. The van der Waals surface area contributed by atoms with E-state index in [-0.39, 0.29) is 12.5 Å². The third kappa shape index (κ3) is 5.00. The number of hydrazone groups is 1. The standard InChI is InChI=1S/C17H17ClN2O3/c1-12(13-7-9-14(18)10-8-13)19-20-17(21)11-23-16-6-4-3-5-15(16)22-2/h3-10H,11H2,1-2H3,(H,20,21)/b19-12-. The van der Waals surface area contributed by atoms with Crippen LogP contribution in [0.5, 0.6) is 11.5 Å². The molecule has 0 radical (unpaired) electrons. The van der Waals surface area contributed by atoms with Crippen LogP contribution in [-0.2, 0) is 4.79 Å². The quantitative estimate of drug-likeness (QED) is 0.652. The van der Waals surface area contributed by atoms with Gasteiger partial charge in [-0.1, -0.05) is 35.9 Å². The number of carbonyl (C=O) groups is 1. The van der Waals surface area contributed by atoms with Crippen LogP contribution in [-0.4, -0.2) is 25.3 Å². The summed E-state index contributed by atoms with van der Waals surface area (Å²) in [5.74, 6) is 0.717. The van der Waals surface area contributed by atoms with Crippen LogP contribution in [0.1, 0.15) is 12.5 Å². The predicted octanol–water partition coefficient (Wildman–Crippen LogP) is 3.27. The Hall–Kier alpha value is -2.53. The van der Waals surface area contributed by atoms with Gasteiger partial charge in [-0.2, -0.15) is 5.10 Å². The lowest BCUT2D eigenvalue weighted by Gasteiger charge is -2.09. The van der Waals surface area contributed by atoms with E-state index in [1.165, 1.54) is 0 Å². The Labute approximate surface area is 139 Å². The van der Waals surface area contributed by atoms with Crippen LogP contribution >= 0.6 is 11.6 Å². The summed E-state index contributed by atoms with van der Waals surface area (Å²) in [5.41, 5.74) is 4.00. The van der Waals surface area contributed by atoms with Crippen molar-refractivity contribution in [2.75, 3.05) is 13.7 Å². The fraction of sp³-hybridized carbons (Fsp3) is 0.176. The van der Waals surface area contributed by atoms with Crippen molar-refractivity contribution in [2.24, 2.45) is 5.10 Å². The van der Waals surface area contributed by atoms with E-state index in [1.54, 1.807) is 44.4 Å². The van der Waals surface area contributed by atoms with E-state index in [4.69, 9.17) is 21.1 Å². The van der Waals surface area contributed by atoms with Gasteiger partial charge >= 0.3 is 0 Å². The SMILES string of the molecule is COc1ccccc1OCC(=O)N/N=C(/C)c1ccc(Cl)cc1. The molecule has 5 nitrogen and oxygen atoms in total. The van der Waals surface area contributed by atoms with Crippen LogP contribution in [0.3, 0.4) is 0 Å². The zero-order valence-electron chi connectivity index (χ0n) is 12.9. The van der Waals surface area contributed by atoms with Crippen molar-refractivity contribution in [2.45, 2.75) is 6.92 Å². The summed E-state index contributed by atoms with van der Waals surface area (Å²) in [4.78, 5) is 11.8. The molecule has 1 amide bonds. The molecule has 23 heavy (non-hydrogen) atoms. The summed E-state index contributed by atoms with van der Waals surface area (Å²) in [6, 6.07) is 14.3. The molecule has 2 aromatic carbocycles. The van der Waals surface area contributed by atoms with Gasteiger partial charge in [-0.25, -0.2) is 5.43 Å². The summed E-state index contributed by atoms with van der Waals surface area (Å²) < 4.78 is 10.6. The highest BCUT2D eigenvalue weighted by Gasteiger charge is 2.06. The van der Waals surface area contributed by atoms with E-state index in [9.17, 15) is 4.79 Å². The summed E-state index contributed by atoms with van der Waals surface area (Å²) in [6.07, 6.45) is 0. The first-order valence-electron chi connectivity index (χ1n) is 6.95. The largest absolute Gasteiger partial charge is 0.493 e. The van der Waals surface area contributed by atoms with Crippen LogP contribution < -0.4 is 14.9 Å². The van der Waals surface area contributed by atoms with Gasteiger partial charge in [-0.15, -0.1) is 0 Å². The molecular weight excluding hydrogens is 316 g/mol. The van der Waals surface area contributed by atoms with E-state index in [1.807, 2.05) is 18.2 Å². The van der Waals surface area contributed by atoms with E-state index in [0.717, 1.165) is 5.56 Å². The van der Waals surface area contributed by atoms with Gasteiger partial charge in [0.1, 0.15) is 0 Å². The molecular formula is C17H17ClN2O3. The Kier molecular flexibility index (Phi) is 6.00. The summed E-state index contributed by atoms with van der Waals surface area (Å²) in [5, 5.41) is 4.69. The van der Waals surface area contributed by atoms with Gasteiger partial charge in [-0.05, 0) is 36.8 Å². The van der Waals surface area contributed by atoms with Crippen LogP contribution in [0.15, 0.2) is 53.6 Å². The second kappa shape index (κ2) is 8.19. The molecule has 0 unspecified atom stereocenters. The minimum Gasteiger partial charge on any atom is -0.493 e. The summed E-state index contributed by atoms with van der Waals surface area (Å²) in [6.45, 7) is 1.64. The number of para-hydroxylation sites is 2. The van der Waals surface area contributed by atoms with Crippen molar-refractivity contribution in [3.8, 4) is 11.5 Å². The maximum atomic E-state index is 11.8. The molecule has 120 valence electrons. The van der Waals surface area contributed by atoms with E-state index >= 15 is 0 Å². The number of benzene rings is 2. The molecule has 2 rings (SSSR count). The van der Waals surface area contributed by atoms with E-state index in [0.29, 0.717) is 22.2 Å². The van der Waals surface area contributed by atoms with Gasteiger partial charge in [0.25, 0.3) is 5.91 Å². The molecule has 0 heterocycles. The molecule has 0 spiro atoms. The lowest BCUT2D eigenvalue weighted by atomic mass is 10.1. The Morgan fingerprint density at radius 2 is 1.78 bits per heavy atom. The number of hydrogen-bond acceptors (Lipinski definition) is 4. The van der Waals surface area contributed by atoms with Crippen LogP contribution in [0.4, 0.5) is 0 Å². The van der Waals surface area contributed by atoms with Crippen molar-refractivity contribution in [1.29, 1.82) is 0 Å². The first kappa shape index (κ1) is 16.8. The Bertz CT molecular complexity index is 699. The highest BCUT2D eigenvalue weighted by atomic mass is 35.5. The molecule has 6 heteroatoms. The van der Waals surface area contributed by atoms with Crippen molar-refractivity contribution in [1.82, 2.24) is 5.43 Å². The summed E-state index contributed by atoms with van der Waals surface area (Å²) >= 11 is 5.83. The minimum absolute atomic E-state index is 0.155. The molecule has 0 bridgehead atoms. The molecule has 0 saturated heterocycles. The lowest BCUT2D eigenvalue weighted by molar-refractivity contribution is -0.123. The van der Waals surface area contributed by atoms with Crippen LogP contribution in [0, 0.1) is 0 Å². The van der Waals surface area contributed by atoms with Crippen LogP contribution in [0.25, 0.3) is 0 Å². The molecule has 0 atom stereocenters. The van der Waals surface area contributed by atoms with Gasteiger partial charge in [0.2, 0.25) is 0 Å². The fourth-order valence-corrected chi connectivity index (χ4v) is 1.94. The molecule has 0 saturated carbocycles. The molecule has 0 aliphatic heterocycles. The number of rotatable bonds is 6. The first-order chi connectivity index (χ1) is 11.1. The average Bonchev–Trinajstić information content (AvgIpc) is 2.58. The van der Waals surface area contributed by atoms with Crippen LogP contribution in [0.2, 0.25) is 5.02 Å². The molecule has 0 aromatic heterocycles. The maximum absolute atomic E-state index is 11.8. The third-order valence-electron chi connectivity index (χ3n) is 3.04. The van der Waals surface area contributed by atoms with Crippen molar-refractivity contribution in [3.63, 3.8) is 0 Å². The highest BCUT2D eigenvalue weighted by Crippen LogP contribution is 2.25. The number of methoxy groups -OCH3 is 1. The number of nitrogens with zero attached hydrogens (tertiary/aromatic N) is 1. The molecule has 2 aromatic rings. The molecule has 1 N–H and O–H groups in total.